The third kappa shape index (κ3) is 2.28. The minimum Gasteiger partial charge on any atom is -0.497 e. The number of hydrogen-bond donors (Lipinski definition) is 1. The summed E-state index contributed by atoms with van der Waals surface area (Å²) in [6, 6.07) is 5.84. The molecule has 0 spiro atoms. The predicted molar refractivity (Wildman–Crippen MR) is 80.4 cm³/mol. The molecule has 1 aliphatic heterocycles. The van der Waals surface area contributed by atoms with Crippen LogP contribution in [0, 0.1) is 0 Å². The largest absolute Gasteiger partial charge is 0.497 e. The standard InChI is InChI=1S/C15H23N3O2/c1-5-8-18-14(16)17-10-15(18,2)12-9-11(19-3)6-7-13(12)20-4/h6-7,9H,5,8,10H2,1-4H3,(H2,16,17). The van der Waals surface area contributed by atoms with Crippen molar-refractivity contribution in [2.24, 2.45) is 10.7 Å². The van der Waals surface area contributed by atoms with Crippen molar-refractivity contribution in [1.82, 2.24) is 4.90 Å². The van der Waals surface area contributed by atoms with Gasteiger partial charge in [-0.05, 0) is 31.5 Å². The highest BCUT2D eigenvalue weighted by atomic mass is 16.5. The number of ether oxygens (including phenoxy) is 2. The van der Waals surface area contributed by atoms with E-state index in [-0.39, 0.29) is 5.54 Å². The first-order valence-corrected chi connectivity index (χ1v) is 6.87. The first-order chi connectivity index (χ1) is 9.56. The second-order valence-electron chi connectivity index (χ2n) is 5.17. The maximum absolute atomic E-state index is 6.04. The zero-order valence-electron chi connectivity index (χ0n) is 12.6. The predicted octanol–water partition coefficient (Wildman–Crippen LogP) is 1.96. The van der Waals surface area contributed by atoms with Crippen molar-refractivity contribution in [2.75, 3.05) is 27.3 Å². The van der Waals surface area contributed by atoms with Gasteiger partial charge in [-0.2, -0.15) is 0 Å². The van der Waals surface area contributed by atoms with E-state index >= 15 is 0 Å². The van der Waals surface area contributed by atoms with Crippen LogP contribution in [0.2, 0.25) is 0 Å². The van der Waals surface area contributed by atoms with Gasteiger partial charge in [-0.1, -0.05) is 6.92 Å². The molecule has 1 aromatic rings. The molecule has 110 valence electrons. The summed E-state index contributed by atoms with van der Waals surface area (Å²) >= 11 is 0. The summed E-state index contributed by atoms with van der Waals surface area (Å²) in [6.07, 6.45) is 1.01. The Morgan fingerprint density at radius 3 is 2.70 bits per heavy atom. The van der Waals surface area contributed by atoms with Crippen LogP contribution in [0.5, 0.6) is 11.5 Å². The van der Waals surface area contributed by atoms with Crippen molar-refractivity contribution in [3.63, 3.8) is 0 Å². The SMILES string of the molecule is CCCN1C(N)=NCC1(C)c1cc(OC)ccc1OC. The number of methoxy groups -OCH3 is 2. The molecule has 0 bridgehead atoms. The Balaban J connectivity index is 2.48. The molecule has 0 aromatic heterocycles. The lowest BCUT2D eigenvalue weighted by molar-refractivity contribution is 0.217. The van der Waals surface area contributed by atoms with Gasteiger partial charge >= 0.3 is 0 Å². The van der Waals surface area contributed by atoms with Crippen LogP contribution < -0.4 is 15.2 Å². The van der Waals surface area contributed by atoms with Crippen molar-refractivity contribution >= 4 is 5.96 Å². The van der Waals surface area contributed by atoms with Gasteiger partial charge in [0.1, 0.15) is 11.5 Å². The molecular formula is C15H23N3O2. The molecule has 1 heterocycles. The molecule has 5 nitrogen and oxygen atoms in total. The molecule has 1 unspecified atom stereocenters. The first kappa shape index (κ1) is 14.5. The Morgan fingerprint density at radius 1 is 1.35 bits per heavy atom. The minimum atomic E-state index is -0.292. The summed E-state index contributed by atoms with van der Waals surface area (Å²) in [7, 11) is 3.34. The highest BCUT2D eigenvalue weighted by molar-refractivity contribution is 5.81. The number of hydrogen-bond acceptors (Lipinski definition) is 5. The molecule has 5 heteroatoms. The van der Waals surface area contributed by atoms with Gasteiger partial charge < -0.3 is 20.1 Å². The monoisotopic (exact) mass is 277 g/mol. The summed E-state index contributed by atoms with van der Waals surface area (Å²) in [5.74, 6) is 2.24. The topological polar surface area (TPSA) is 60.1 Å². The van der Waals surface area contributed by atoms with E-state index in [0.717, 1.165) is 30.0 Å². The fourth-order valence-electron chi connectivity index (χ4n) is 2.71. The fourth-order valence-corrected chi connectivity index (χ4v) is 2.71. The van der Waals surface area contributed by atoms with E-state index in [1.54, 1.807) is 14.2 Å². The zero-order chi connectivity index (χ0) is 14.8. The van der Waals surface area contributed by atoms with Crippen LogP contribution in [-0.2, 0) is 5.54 Å². The van der Waals surface area contributed by atoms with E-state index in [9.17, 15) is 0 Å². The highest BCUT2D eigenvalue weighted by Gasteiger charge is 2.41. The van der Waals surface area contributed by atoms with Crippen molar-refractivity contribution in [3.05, 3.63) is 23.8 Å². The van der Waals surface area contributed by atoms with Gasteiger partial charge in [0.2, 0.25) is 0 Å². The molecule has 0 fully saturated rings. The molecule has 1 aromatic carbocycles. The number of aliphatic imine (C=N–C) groups is 1. The summed E-state index contributed by atoms with van der Waals surface area (Å²) in [4.78, 5) is 6.56. The summed E-state index contributed by atoms with van der Waals surface area (Å²) in [5.41, 5.74) is 6.81. The van der Waals surface area contributed by atoms with Crippen LogP contribution in [0.3, 0.4) is 0 Å². The molecule has 2 rings (SSSR count). The van der Waals surface area contributed by atoms with Crippen LogP contribution in [0.1, 0.15) is 25.8 Å². The number of guanidine groups is 1. The molecule has 0 saturated heterocycles. The van der Waals surface area contributed by atoms with E-state index in [1.165, 1.54) is 0 Å². The van der Waals surface area contributed by atoms with E-state index in [4.69, 9.17) is 15.2 Å². The van der Waals surface area contributed by atoms with Crippen molar-refractivity contribution in [3.8, 4) is 11.5 Å². The lowest BCUT2D eigenvalue weighted by Gasteiger charge is -2.37. The second kappa shape index (κ2) is 5.61. The Kier molecular flexibility index (Phi) is 4.06. The quantitative estimate of drug-likeness (QED) is 0.893. The van der Waals surface area contributed by atoms with Crippen LogP contribution >= 0.6 is 0 Å². The van der Waals surface area contributed by atoms with Crippen LogP contribution in [0.25, 0.3) is 0 Å². The van der Waals surface area contributed by atoms with Gasteiger partial charge in [0.15, 0.2) is 5.96 Å². The summed E-state index contributed by atoms with van der Waals surface area (Å²) in [5, 5.41) is 0. The zero-order valence-corrected chi connectivity index (χ0v) is 12.6. The van der Waals surface area contributed by atoms with E-state index in [2.05, 4.69) is 23.7 Å². The minimum absolute atomic E-state index is 0.292. The summed E-state index contributed by atoms with van der Waals surface area (Å²) < 4.78 is 10.8. The van der Waals surface area contributed by atoms with Gasteiger partial charge in [-0.25, -0.2) is 0 Å². The van der Waals surface area contributed by atoms with Gasteiger partial charge in [0.25, 0.3) is 0 Å². The fraction of sp³-hybridized carbons (Fsp3) is 0.533. The van der Waals surface area contributed by atoms with Crippen LogP contribution in [0.4, 0.5) is 0 Å². The van der Waals surface area contributed by atoms with Gasteiger partial charge in [0, 0.05) is 12.1 Å². The van der Waals surface area contributed by atoms with Crippen molar-refractivity contribution < 1.29 is 9.47 Å². The van der Waals surface area contributed by atoms with E-state index < -0.39 is 0 Å². The van der Waals surface area contributed by atoms with Crippen LogP contribution in [-0.4, -0.2) is 38.2 Å². The average molecular weight is 277 g/mol. The summed E-state index contributed by atoms with van der Waals surface area (Å²) in [6.45, 7) is 5.77. The number of nitrogens with two attached hydrogens (primary N) is 1. The van der Waals surface area contributed by atoms with Gasteiger partial charge in [-0.15, -0.1) is 0 Å². The Bertz CT molecular complexity index is 516. The molecule has 0 saturated carbocycles. The Morgan fingerprint density at radius 2 is 2.10 bits per heavy atom. The maximum Gasteiger partial charge on any atom is 0.192 e. The molecule has 1 atom stereocenters. The number of rotatable bonds is 5. The van der Waals surface area contributed by atoms with E-state index in [1.807, 2.05) is 18.2 Å². The number of benzene rings is 1. The first-order valence-electron chi connectivity index (χ1n) is 6.87. The molecular weight excluding hydrogens is 254 g/mol. The second-order valence-corrected chi connectivity index (χ2v) is 5.17. The Hall–Kier alpha value is -1.91. The highest BCUT2D eigenvalue weighted by Crippen LogP contribution is 2.39. The number of nitrogens with zero attached hydrogens (tertiary/aromatic N) is 2. The average Bonchev–Trinajstić information content (AvgIpc) is 2.76. The van der Waals surface area contributed by atoms with Gasteiger partial charge in [0.05, 0.1) is 26.3 Å². The molecule has 0 aliphatic carbocycles. The molecule has 0 amide bonds. The van der Waals surface area contributed by atoms with Gasteiger partial charge in [-0.3, -0.25) is 4.99 Å². The lowest BCUT2D eigenvalue weighted by atomic mass is 9.89. The third-order valence-electron chi connectivity index (χ3n) is 3.86. The lowest BCUT2D eigenvalue weighted by Crippen LogP contribution is -2.47. The Labute approximate surface area is 120 Å². The third-order valence-corrected chi connectivity index (χ3v) is 3.86. The van der Waals surface area contributed by atoms with E-state index in [0.29, 0.717) is 12.5 Å². The molecule has 0 radical (unpaired) electrons. The van der Waals surface area contributed by atoms with Crippen LogP contribution in [0.15, 0.2) is 23.2 Å². The maximum atomic E-state index is 6.04. The van der Waals surface area contributed by atoms with Crippen molar-refractivity contribution in [2.45, 2.75) is 25.8 Å². The normalized spacial score (nSPS) is 21.8. The molecule has 1 aliphatic rings. The molecule has 20 heavy (non-hydrogen) atoms. The molecule has 2 N–H and O–H groups in total. The van der Waals surface area contributed by atoms with Crippen molar-refractivity contribution in [1.29, 1.82) is 0 Å². The smallest absolute Gasteiger partial charge is 0.192 e.